The quantitative estimate of drug-likeness (QED) is 0.248. The van der Waals surface area contributed by atoms with Crippen LogP contribution >= 0.6 is 0 Å². The number of ether oxygens (including phenoxy) is 3. The Balaban J connectivity index is 1.90. The maximum atomic E-state index is 13.8. The van der Waals surface area contributed by atoms with E-state index in [1.165, 1.54) is 0 Å². The first-order chi connectivity index (χ1) is 20.4. The smallest absolute Gasteiger partial charge is 0.226 e. The second-order valence-electron chi connectivity index (χ2n) is 10.2. The van der Waals surface area contributed by atoms with E-state index in [2.05, 4.69) is 0 Å². The molecule has 0 fully saturated rings. The fourth-order valence-corrected chi connectivity index (χ4v) is 5.35. The van der Waals surface area contributed by atoms with E-state index < -0.39 is 29.5 Å². The number of aliphatic hydroxyl groups excluding tert-OH is 1. The first-order valence-electron chi connectivity index (χ1n) is 13.9. The van der Waals surface area contributed by atoms with Gasteiger partial charge in [0.25, 0.3) is 0 Å². The van der Waals surface area contributed by atoms with Crippen LogP contribution in [-0.4, -0.2) is 50.5 Å². The van der Waals surface area contributed by atoms with Gasteiger partial charge in [-0.25, -0.2) is 0 Å². The van der Waals surface area contributed by atoms with Crippen LogP contribution in [0.1, 0.15) is 23.6 Å². The van der Waals surface area contributed by atoms with E-state index in [-0.39, 0.29) is 5.76 Å². The summed E-state index contributed by atoms with van der Waals surface area (Å²) in [6, 6.07) is 29.6. The normalized spacial score (nSPS) is 19.9. The topological polar surface area (TPSA) is 65.0 Å². The highest BCUT2D eigenvalue weighted by atomic mass is 16.5. The first-order valence-corrected chi connectivity index (χ1v) is 13.9. The highest BCUT2D eigenvalue weighted by Crippen LogP contribution is 2.46. The summed E-state index contributed by atoms with van der Waals surface area (Å²) in [5.74, 6) is -0.868. The predicted molar refractivity (Wildman–Crippen MR) is 170 cm³/mol. The lowest BCUT2D eigenvalue weighted by Gasteiger charge is -2.42. The molecule has 0 amide bonds. The van der Waals surface area contributed by atoms with Crippen LogP contribution in [0.4, 0.5) is 0 Å². The molecular formula is C37H38O5. The van der Waals surface area contributed by atoms with Crippen molar-refractivity contribution in [3.8, 4) is 0 Å². The number of hydrogen-bond donors (Lipinski definition) is 1. The SMILES string of the molecule is COC(/C=C/c1ccccc1)C1=C(C(/C=C/c2ccccc2)OC)C(C)(C(/C=C/c2ccccc2)OC)C=C(O)C1=O. The number of carbonyl (C=O) groups excluding carboxylic acids is 1. The van der Waals surface area contributed by atoms with Crippen LogP contribution in [0.25, 0.3) is 18.2 Å². The fraction of sp³-hybridized carbons (Fsp3) is 0.216. The van der Waals surface area contributed by atoms with Gasteiger partial charge in [0.05, 0.1) is 12.2 Å². The van der Waals surface area contributed by atoms with Gasteiger partial charge in [-0.15, -0.1) is 0 Å². The van der Waals surface area contributed by atoms with Gasteiger partial charge in [-0.3, -0.25) is 4.79 Å². The molecule has 1 aliphatic rings. The molecule has 1 aliphatic carbocycles. The molecule has 0 saturated carbocycles. The van der Waals surface area contributed by atoms with Crippen LogP contribution < -0.4 is 0 Å². The van der Waals surface area contributed by atoms with Gasteiger partial charge in [0.15, 0.2) is 5.76 Å². The Kier molecular flexibility index (Phi) is 10.6. The summed E-state index contributed by atoms with van der Waals surface area (Å²) < 4.78 is 18.0. The number of Topliss-reactive ketones (excluding diaryl/α,β-unsaturated/α-hetero) is 1. The zero-order valence-electron chi connectivity index (χ0n) is 24.5. The summed E-state index contributed by atoms with van der Waals surface area (Å²) in [6.07, 6.45) is 11.2. The third-order valence-corrected chi connectivity index (χ3v) is 7.50. The van der Waals surface area contributed by atoms with E-state index in [1.54, 1.807) is 27.4 Å². The molecule has 0 aliphatic heterocycles. The van der Waals surface area contributed by atoms with Gasteiger partial charge in [0, 0.05) is 32.3 Å². The van der Waals surface area contributed by atoms with Gasteiger partial charge >= 0.3 is 0 Å². The van der Waals surface area contributed by atoms with E-state index >= 15 is 0 Å². The monoisotopic (exact) mass is 562 g/mol. The number of ketones is 1. The summed E-state index contributed by atoms with van der Waals surface area (Å²) in [6.45, 7) is 1.95. The number of hydrogen-bond acceptors (Lipinski definition) is 5. The van der Waals surface area contributed by atoms with Gasteiger partial charge in [0.1, 0.15) is 6.10 Å². The maximum absolute atomic E-state index is 13.8. The lowest BCUT2D eigenvalue weighted by Crippen LogP contribution is -2.44. The van der Waals surface area contributed by atoms with Crippen molar-refractivity contribution in [2.45, 2.75) is 25.2 Å². The minimum absolute atomic E-state index is 0.312. The molecule has 216 valence electrons. The lowest BCUT2D eigenvalue weighted by atomic mass is 9.67. The molecule has 0 spiro atoms. The molecule has 0 saturated heterocycles. The van der Waals surface area contributed by atoms with Crippen molar-refractivity contribution >= 4 is 24.0 Å². The molecule has 5 nitrogen and oxygen atoms in total. The standard InChI is InChI=1S/C37H38O5/c1-37(33(42-4)25-22-29-18-12-7-13-19-29)26-30(38)36(39)34(31(40-2)23-20-27-14-8-5-9-15-27)35(37)32(41-3)24-21-28-16-10-6-11-17-28/h5-26,31-33,38H,1-4H3/b23-20+,24-21+,25-22+. The summed E-state index contributed by atoms with van der Waals surface area (Å²) in [5.41, 5.74) is 2.93. The van der Waals surface area contributed by atoms with E-state index in [1.807, 2.05) is 134 Å². The van der Waals surface area contributed by atoms with E-state index in [0.717, 1.165) is 16.7 Å². The van der Waals surface area contributed by atoms with Crippen molar-refractivity contribution in [1.82, 2.24) is 0 Å². The highest BCUT2D eigenvalue weighted by molar-refractivity contribution is 6.09. The summed E-state index contributed by atoms with van der Waals surface area (Å²) in [7, 11) is 4.78. The molecule has 0 bridgehead atoms. The molecule has 0 aromatic heterocycles. The molecule has 4 unspecified atom stereocenters. The predicted octanol–water partition coefficient (Wildman–Crippen LogP) is 7.50. The molecule has 1 N–H and O–H groups in total. The first kappa shape index (κ1) is 30.7. The zero-order chi connectivity index (χ0) is 30.0. The Morgan fingerprint density at radius 2 is 1.07 bits per heavy atom. The van der Waals surface area contributed by atoms with Gasteiger partial charge in [-0.1, -0.05) is 127 Å². The second kappa shape index (κ2) is 14.6. The second-order valence-corrected chi connectivity index (χ2v) is 10.2. The number of rotatable bonds is 12. The van der Waals surface area contributed by atoms with E-state index in [9.17, 15) is 9.90 Å². The number of carbonyl (C=O) groups is 1. The minimum atomic E-state index is -0.980. The van der Waals surface area contributed by atoms with Crippen LogP contribution in [0, 0.1) is 5.41 Å². The number of benzene rings is 3. The Bertz CT molecular complexity index is 1470. The molecule has 3 aromatic carbocycles. The number of methoxy groups -OCH3 is 3. The Hall–Kier alpha value is -4.29. The molecule has 0 radical (unpaired) electrons. The Morgan fingerprint density at radius 1 is 0.643 bits per heavy atom. The van der Waals surface area contributed by atoms with Crippen molar-refractivity contribution < 1.29 is 24.1 Å². The van der Waals surface area contributed by atoms with E-state index in [4.69, 9.17) is 14.2 Å². The van der Waals surface area contributed by atoms with Crippen LogP contribution in [0.5, 0.6) is 0 Å². The third-order valence-electron chi connectivity index (χ3n) is 7.50. The maximum Gasteiger partial charge on any atom is 0.226 e. The number of aliphatic hydroxyl groups is 1. The van der Waals surface area contributed by atoms with Crippen molar-refractivity contribution in [2.24, 2.45) is 5.41 Å². The largest absolute Gasteiger partial charge is 0.504 e. The fourth-order valence-electron chi connectivity index (χ4n) is 5.35. The molecule has 5 heteroatoms. The minimum Gasteiger partial charge on any atom is -0.504 e. The Labute approximate surface area is 248 Å². The van der Waals surface area contributed by atoms with Gasteiger partial charge in [-0.2, -0.15) is 0 Å². The average Bonchev–Trinajstić information content (AvgIpc) is 3.02. The number of allylic oxidation sites excluding steroid dienone is 1. The van der Waals surface area contributed by atoms with Gasteiger partial charge in [0.2, 0.25) is 5.78 Å². The molecule has 4 atom stereocenters. The van der Waals surface area contributed by atoms with Crippen LogP contribution in [0.15, 0.2) is 132 Å². The van der Waals surface area contributed by atoms with Crippen LogP contribution in [0.2, 0.25) is 0 Å². The van der Waals surface area contributed by atoms with Crippen molar-refractivity contribution in [1.29, 1.82) is 0 Å². The van der Waals surface area contributed by atoms with Crippen molar-refractivity contribution in [3.63, 3.8) is 0 Å². The molecule has 3 aromatic rings. The van der Waals surface area contributed by atoms with Gasteiger partial charge < -0.3 is 19.3 Å². The highest BCUT2D eigenvalue weighted by Gasteiger charge is 2.47. The molecular weight excluding hydrogens is 524 g/mol. The molecule has 4 rings (SSSR count). The third kappa shape index (κ3) is 7.12. The van der Waals surface area contributed by atoms with Gasteiger partial charge in [-0.05, 0) is 35.3 Å². The molecule has 42 heavy (non-hydrogen) atoms. The Morgan fingerprint density at radius 3 is 1.50 bits per heavy atom. The summed E-state index contributed by atoms with van der Waals surface area (Å²) >= 11 is 0. The zero-order valence-corrected chi connectivity index (χ0v) is 24.5. The van der Waals surface area contributed by atoms with Crippen molar-refractivity contribution in [2.75, 3.05) is 21.3 Å². The van der Waals surface area contributed by atoms with Crippen LogP contribution in [-0.2, 0) is 19.0 Å². The average molecular weight is 563 g/mol. The summed E-state index contributed by atoms with van der Waals surface area (Å²) in [4.78, 5) is 13.8. The van der Waals surface area contributed by atoms with E-state index in [0.29, 0.717) is 11.1 Å². The van der Waals surface area contributed by atoms with Crippen molar-refractivity contribution in [3.05, 3.63) is 149 Å². The summed E-state index contributed by atoms with van der Waals surface area (Å²) in [5, 5.41) is 11.1. The lowest BCUT2D eigenvalue weighted by molar-refractivity contribution is -0.116. The molecule has 0 heterocycles. The van der Waals surface area contributed by atoms with Crippen LogP contribution in [0.3, 0.4) is 0 Å².